The Morgan fingerprint density at radius 2 is 2.08 bits per heavy atom. The largest absolute Gasteiger partial charge is 0.507 e. The van der Waals surface area contributed by atoms with Crippen molar-refractivity contribution < 1.29 is 9.90 Å². The fourth-order valence-corrected chi connectivity index (χ4v) is 1.73. The van der Waals surface area contributed by atoms with Crippen molar-refractivity contribution in [1.29, 1.82) is 0 Å². The summed E-state index contributed by atoms with van der Waals surface area (Å²) >= 11 is 0. The molecule has 0 heterocycles. The Morgan fingerprint density at radius 1 is 1.38 bits per heavy atom. The Bertz CT molecular complexity index is 378. The van der Waals surface area contributed by atoms with Crippen LogP contribution in [0, 0.1) is 0 Å². The molecule has 0 atom stereocenters. The maximum Gasteiger partial charge on any atom is 0.171 e. The SMILES string of the molecule is CC(C)c1ccc2c(c1O)C(=O)C2. The van der Waals surface area contributed by atoms with E-state index in [1.807, 2.05) is 26.0 Å². The van der Waals surface area contributed by atoms with Gasteiger partial charge in [-0.1, -0.05) is 26.0 Å². The van der Waals surface area contributed by atoms with Gasteiger partial charge >= 0.3 is 0 Å². The molecule has 68 valence electrons. The van der Waals surface area contributed by atoms with E-state index in [9.17, 15) is 9.90 Å². The van der Waals surface area contributed by atoms with Crippen LogP contribution >= 0.6 is 0 Å². The number of benzene rings is 1. The molecule has 0 bridgehead atoms. The van der Waals surface area contributed by atoms with E-state index in [1.54, 1.807) is 0 Å². The molecule has 0 spiro atoms. The van der Waals surface area contributed by atoms with Crippen LogP contribution in [0.15, 0.2) is 12.1 Å². The molecular formula is C11H12O2. The summed E-state index contributed by atoms with van der Waals surface area (Å²) in [6.45, 7) is 4.01. The molecule has 0 fully saturated rings. The van der Waals surface area contributed by atoms with Crippen LogP contribution in [-0.4, -0.2) is 10.9 Å². The zero-order valence-electron chi connectivity index (χ0n) is 7.79. The quantitative estimate of drug-likeness (QED) is 0.712. The maximum atomic E-state index is 11.2. The Balaban J connectivity index is 2.58. The highest BCUT2D eigenvalue weighted by atomic mass is 16.3. The molecule has 0 saturated heterocycles. The van der Waals surface area contributed by atoms with Gasteiger partial charge in [0.15, 0.2) is 5.78 Å². The third-order valence-corrected chi connectivity index (χ3v) is 2.55. The minimum absolute atomic E-state index is 0.0648. The Hall–Kier alpha value is -1.31. The summed E-state index contributed by atoms with van der Waals surface area (Å²) in [5.74, 6) is 0.525. The highest BCUT2D eigenvalue weighted by Crippen LogP contribution is 2.37. The van der Waals surface area contributed by atoms with Crippen LogP contribution in [-0.2, 0) is 6.42 Å². The van der Waals surface area contributed by atoms with Crippen LogP contribution in [0.1, 0.15) is 41.3 Å². The molecule has 2 heteroatoms. The lowest BCUT2D eigenvalue weighted by molar-refractivity contribution is 0.0964. The molecule has 13 heavy (non-hydrogen) atoms. The van der Waals surface area contributed by atoms with Crippen molar-refractivity contribution in [3.05, 3.63) is 28.8 Å². The number of carbonyl (C=O) groups excluding carboxylic acids is 1. The highest BCUT2D eigenvalue weighted by molar-refractivity contribution is 6.09. The Kier molecular flexibility index (Phi) is 1.65. The van der Waals surface area contributed by atoms with Gasteiger partial charge in [0.25, 0.3) is 0 Å². The van der Waals surface area contributed by atoms with Crippen LogP contribution in [0.2, 0.25) is 0 Å². The highest BCUT2D eigenvalue weighted by Gasteiger charge is 2.28. The van der Waals surface area contributed by atoms with E-state index in [4.69, 9.17) is 0 Å². The Labute approximate surface area is 77.2 Å². The van der Waals surface area contributed by atoms with Crippen LogP contribution < -0.4 is 0 Å². The molecule has 0 aromatic heterocycles. The summed E-state index contributed by atoms with van der Waals surface area (Å²) in [6, 6.07) is 3.84. The summed E-state index contributed by atoms with van der Waals surface area (Å²) < 4.78 is 0. The number of hydrogen-bond acceptors (Lipinski definition) is 2. The molecule has 0 radical (unpaired) electrons. The van der Waals surface area contributed by atoms with Crippen molar-refractivity contribution in [3.63, 3.8) is 0 Å². The number of aromatic hydroxyl groups is 1. The van der Waals surface area contributed by atoms with E-state index in [1.165, 1.54) is 0 Å². The van der Waals surface area contributed by atoms with Crippen molar-refractivity contribution in [2.45, 2.75) is 26.2 Å². The lowest BCUT2D eigenvalue weighted by Crippen LogP contribution is -2.19. The van der Waals surface area contributed by atoms with Crippen LogP contribution in [0.3, 0.4) is 0 Å². The molecule has 0 unspecified atom stereocenters. The van der Waals surface area contributed by atoms with Crippen LogP contribution in [0.5, 0.6) is 5.75 Å². The number of Topliss-reactive ketones (excluding diaryl/α,β-unsaturated/α-hetero) is 1. The molecular weight excluding hydrogens is 164 g/mol. The molecule has 2 nitrogen and oxygen atoms in total. The molecule has 0 aliphatic heterocycles. The number of phenolic OH excluding ortho intramolecular Hbond substituents is 1. The molecule has 0 saturated carbocycles. The fourth-order valence-electron chi connectivity index (χ4n) is 1.73. The van der Waals surface area contributed by atoms with E-state index < -0.39 is 0 Å². The first kappa shape index (κ1) is 8.30. The van der Waals surface area contributed by atoms with E-state index in [2.05, 4.69) is 0 Å². The fraction of sp³-hybridized carbons (Fsp3) is 0.364. The topological polar surface area (TPSA) is 37.3 Å². The minimum atomic E-state index is 0.0648. The predicted octanol–water partition coefficient (Wildman–Crippen LogP) is 2.25. The molecule has 1 aromatic carbocycles. The number of hydrogen-bond donors (Lipinski definition) is 1. The third kappa shape index (κ3) is 1.05. The van der Waals surface area contributed by atoms with Gasteiger partial charge in [0.05, 0.1) is 5.56 Å². The van der Waals surface area contributed by atoms with Crippen molar-refractivity contribution in [2.24, 2.45) is 0 Å². The summed E-state index contributed by atoms with van der Waals surface area (Å²) in [5, 5.41) is 9.75. The first-order chi connectivity index (χ1) is 6.11. The standard InChI is InChI=1S/C11H12O2/c1-6(2)8-4-3-7-5-9(12)10(7)11(8)13/h3-4,6,13H,5H2,1-2H3. The normalized spacial score (nSPS) is 14.2. The first-order valence-electron chi connectivity index (χ1n) is 4.49. The predicted molar refractivity (Wildman–Crippen MR) is 50.2 cm³/mol. The van der Waals surface area contributed by atoms with E-state index in [-0.39, 0.29) is 17.5 Å². The maximum absolute atomic E-state index is 11.2. The van der Waals surface area contributed by atoms with Crippen LogP contribution in [0.4, 0.5) is 0 Å². The number of fused-ring (bicyclic) bond motifs is 1. The average molecular weight is 176 g/mol. The second-order valence-electron chi connectivity index (χ2n) is 3.79. The molecule has 1 N–H and O–H groups in total. The van der Waals surface area contributed by atoms with Gasteiger partial charge < -0.3 is 5.11 Å². The van der Waals surface area contributed by atoms with Crippen LogP contribution in [0.25, 0.3) is 0 Å². The van der Waals surface area contributed by atoms with Crippen molar-refractivity contribution in [3.8, 4) is 5.75 Å². The molecule has 1 aliphatic rings. The van der Waals surface area contributed by atoms with Gasteiger partial charge in [-0.25, -0.2) is 0 Å². The van der Waals surface area contributed by atoms with Crippen molar-refractivity contribution in [1.82, 2.24) is 0 Å². The van der Waals surface area contributed by atoms with Gasteiger partial charge in [-0.15, -0.1) is 0 Å². The number of rotatable bonds is 1. The van der Waals surface area contributed by atoms with Crippen molar-refractivity contribution in [2.75, 3.05) is 0 Å². The number of ketones is 1. The molecule has 1 aromatic rings. The van der Waals surface area contributed by atoms with E-state index in [0.29, 0.717) is 12.0 Å². The molecule has 0 amide bonds. The zero-order valence-corrected chi connectivity index (χ0v) is 7.79. The Morgan fingerprint density at radius 3 is 2.62 bits per heavy atom. The summed E-state index contributed by atoms with van der Waals surface area (Å²) in [6.07, 6.45) is 0.487. The summed E-state index contributed by atoms with van der Waals surface area (Å²) in [4.78, 5) is 11.2. The van der Waals surface area contributed by atoms with E-state index in [0.717, 1.165) is 11.1 Å². The van der Waals surface area contributed by atoms with Gasteiger partial charge in [-0.05, 0) is 17.0 Å². The number of phenols is 1. The van der Waals surface area contributed by atoms with Gasteiger partial charge in [-0.3, -0.25) is 4.79 Å². The van der Waals surface area contributed by atoms with Crippen molar-refractivity contribution >= 4 is 5.78 Å². The van der Waals surface area contributed by atoms with Gasteiger partial charge in [0.1, 0.15) is 5.75 Å². The van der Waals surface area contributed by atoms with E-state index >= 15 is 0 Å². The second-order valence-corrected chi connectivity index (χ2v) is 3.79. The zero-order chi connectivity index (χ0) is 9.59. The smallest absolute Gasteiger partial charge is 0.171 e. The molecule has 2 rings (SSSR count). The lowest BCUT2D eigenvalue weighted by Gasteiger charge is -2.21. The van der Waals surface area contributed by atoms with Gasteiger partial charge in [0.2, 0.25) is 0 Å². The third-order valence-electron chi connectivity index (χ3n) is 2.55. The second kappa shape index (κ2) is 2.59. The lowest BCUT2D eigenvalue weighted by atomic mass is 9.83. The summed E-state index contributed by atoms with van der Waals surface area (Å²) in [7, 11) is 0. The minimum Gasteiger partial charge on any atom is -0.507 e. The van der Waals surface area contributed by atoms with Gasteiger partial charge in [0, 0.05) is 6.42 Å². The first-order valence-corrected chi connectivity index (χ1v) is 4.49. The average Bonchev–Trinajstić information content (AvgIpc) is 2.01. The number of carbonyl (C=O) groups is 1. The van der Waals surface area contributed by atoms with Gasteiger partial charge in [-0.2, -0.15) is 0 Å². The molecule has 1 aliphatic carbocycles. The summed E-state index contributed by atoms with van der Waals surface area (Å²) in [5.41, 5.74) is 2.39. The monoisotopic (exact) mass is 176 g/mol.